The number of rotatable bonds is 2. The molecule has 0 N–H and O–H groups in total. The topological polar surface area (TPSA) is 43.6 Å². The largest absolute Gasteiger partial charge is 0.197 e. The van der Waals surface area contributed by atoms with E-state index in [1.807, 2.05) is 35.0 Å². The van der Waals surface area contributed by atoms with E-state index in [-0.39, 0.29) is 0 Å². The zero-order chi connectivity index (χ0) is 11.0. The number of para-hydroxylation sites is 1. The van der Waals surface area contributed by atoms with E-state index in [4.69, 9.17) is 0 Å². The molecule has 1 aliphatic rings. The second-order valence-electron chi connectivity index (χ2n) is 4.11. The van der Waals surface area contributed by atoms with Crippen LogP contribution in [0.1, 0.15) is 25.1 Å². The standard InChI is InChI=1S/C12H12N4/c1-9-7-10(8-9)12-13-14-15-16(12)11-5-3-2-4-6-11/h2-7,10H,8H2,1H3. The van der Waals surface area contributed by atoms with Crippen molar-refractivity contribution in [2.75, 3.05) is 0 Å². The Balaban J connectivity index is 2.01. The van der Waals surface area contributed by atoms with Crippen LogP contribution in [0.5, 0.6) is 0 Å². The maximum Gasteiger partial charge on any atom is 0.163 e. The molecule has 0 saturated carbocycles. The Morgan fingerprint density at radius 2 is 2.00 bits per heavy atom. The number of benzene rings is 1. The molecular weight excluding hydrogens is 200 g/mol. The molecule has 4 heteroatoms. The van der Waals surface area contributed by atoms with Crippen molar-refractivity contribution in [3.63, 3.8) is 0 Å². The van der Waals surface area contributed by atoms with Gasteiger partial charge in [-0.2, -0.15) is 4.68 Å². The highest BCUT2D eigenvalue weighted by Crippen LogP contribution is 2.33. The van der Waals surface area contributed by atoms with Gasteiger partial charge in [-0.25, -0.2) is 0 Å². The minimum absolute atomic E-state index is 0.371. The van der Waals surface area contributed by atoms with Crippen LogP contribution in [-0.4, -0.2) is 20.2 Å². The van der Waals surface area contributed by atoms with Crippen LogP contribution in [-0.2, 0) is 0 Å². The third-order valence-electron chi connectivity index (χ3n) is 2.85. The maximum absolute atomic E-state index is 4.11. The van der Waals surface area contributed by atoms with E-state index in [9.17, 15) is 0 Å². The van der Waals surface area contributed by atoms with Gasteiger partial charge in [0.25, 0.3) is 0 Å². The molecular formula is C12H12N4. The number of allylic oxidation sites excluding steroid dienone is 2. The van der Waals surface area contributed by atoms with Gasteiger partial charge in [-0.05, 0) is 35.9 Å². The Morgan fingerprint density at radius 3 is 2.69 bits per heavy atom. The average molecular weight is 212 g/mol. The molecule has 1 atom stereocenters. The Kier molecular flexibility index (Phi) is 2.06. The highest BCUT2D eigenvalue weighted by Gasteiger charge is 2.24. The zero-order valence-electron chi connectivity index (χ0n) is 9.04. The molecule has 1 unspecified atom stereocenters. The number of aromatic nitrogens is 4. The van der Waals surface area contributed by atoms with Gasteiger partial charge in [-0.15, -0.1) is 5.10 Å². The molecule has 0 aliphatic heterocycles. The van der Waals surface area contributed by atoms with Gasteiger partial charge < -0.3 is 0 Å². The van der Waals surface area contributed by atoms with Crippen LogP contribution in [0.3, 0.4) is 0 Å². The Labute approximate surface area is 93.6 Å². The lowest BCUT2D eigenvalue weighted by Crippen LogP contribution is -2.13. The summed E-state index contributed by atoms with van der Waals surface area (Å²) in [6.45, 7) is 2.13. The molecule has 1 aromatic heterocycles. The van der Waals surface area contributed by atoms with Crippen molar-refractivity contribution in [1.29, 1.82) is 0 Å². The summed E-state index contributed by atoms with van der Waals surface area (Å²) in [5, 5.41) is 11.9. The summed E-state index contributed by atoms with van der Waals surface area (Å²) in [7, 11) is 0. The molecule has 16 heavy (non-hydrogen) atoms. The van der Waals surface area contributed by atoms with E-state index < -0.39 is 0 Å². The van der Waals surface area contributed by atoms with Crippen LogP contribution in [0.4, 0.5) is 0 Å². The average Bonchev–Trinajstić information content (AvgIpc) is 2.74. The van der Waals surface area contributed by atoms with E-state index in [0.717, 1.165) is 17.9 Å². The van der Waals surface area contributed by atoms with Crippen LogP contribution >= 0.6 is 0 Å². The summed E-state index contributed by atoms with van der Waals surface area (Å²) in [5.74, 6) is 1.30. The molecule has 0 spiro atoms. The van der Waals surface area contributed by atoms with Crippen molar-refractivity contribution in [2.45, 2.75) is 19.3 Å². The normalized spacial score (nSPS) is 19.1. The minimum atomic E-state index is 0.371. The van der Waals surface area contributed by atoms with Crippen molar-refractivity contribution < 1.29 is 0 Å². The smallest absolute Gasteiger partial charge is 0.163 e. The van der Waals surface area contributed by atoms with E-state index in [1.54, 1.807) is 0 Å². The highest BCUT2D eigenvalue weighted by molar-refractivity contribution is 5.34. The number of hydrogen-bond donors (Lipinski definition) is 0. The zero-order valence-corrected chi connectivity index (χ0v) is 9.04. The molecule has 0 saturated heterocycles. The fourth-order valence-electron chi connectivity index (χ4n) is 2.00. The van der Waals surface area contributed by atoms with Gasteiger partial charge in [-0.3, -0.25) is 0 Å². The SMILES string of the molecule is CC1=CC(c2nnnn2-c2ccccc2)C1. The molecule has 3 rings (SSSR count). The molecule has 0 amide bonds. The van der Waals surface area contributed by atoms with Crippen LogP contribution in [0, 0.1) is 0 Å². The Hall–Kier alpha value is -1.97. The third-order valence-corrected chi connectivity index (χ3v) is 2.85. The van der Waals surface area contributed by atoms with Crippen LogP contribution in [0.25, 0.3) is 5.69 Å². The first kappa shape index (κ1) is 9.27. The van der Waals surface area contributed by atoms with Crippen LogP contribution < -0.4 is 0 Å². The summed E-state index contributed by atoms with van der Waals surface area (Å²) in [4.78, 5) is 0. The third kappa shape index (κ3) is 1.43. The van der Waals surface area contributed by atoms with Gasteiger partial charge >= 0.3 is 0 Å². The van der Waals surface area contributed by atoms with Crippen molar-refractivity contribution in [1.82, 2.24) is 20.2 Å². The minimum Gasteiger partial charge on any atom is -0.197 e. The lowest BCUT2D eigenvalue weighted by Gasteiger charge is -2.21. The second-order valence-corrected chi connectivity index (χ2v) is 4.11. The fourth-order valence-corrected chi connectivity index (χ4v) is 2.00. The predicted molar refractivity (Wildman–Crippen MR) is 60.3 cm³/mol. The van der Waals surface area contributed by atoms with Gasteiger partial charge in [-0.1, -0.05) is 29.8 Å². The molecule has 0 bridgehead atoms. The van der Waals surface area contributed by atoms with E-state index in [0.29, 0.717) is 5.92 Å². The Bertz CT molecular complexity index is 527. The molecule has 80 valence electrons. The van der Waals surface area contributed by atoms with Crippen LogP contribution in [0.2, 0.25) is 0 Å². The number of hydrogen-bond acceptors (Lipinski definition) is 3. The lowest BCUT2D eigenvalue weighted by molar-refractivity contribution is 0.654. The van der Waals surface area contributed by atoms with Gasteiger partial charge in [0.2, 0.25) is 0 Å². The predicted octanol–water partition coefficient (Wildman–Crippen LogP) is 2.10. The van der Waals surface area contributed by atoms with Gasteiger partial charge in [0.15, 0.2) is 5.82 Å². The summed E-state index contributed by atoms with van der Waals surface area (Å²) >= 11 is 0. The highest BCUT2D eigenvalue weighted by atomic mass is 15.5. The van der Waals surface area contributed by atoms with Gasteiger partial charge in [0, 0.05) is 5.92 Å². The second kappa shape index (κ2) is 3.56. The molecule has 1 aliphatic carbocycles. The quantitative estimate of drug-likeness (QED) is 0.716. The van der Waals surface area contributed by atoms with Crippen molar-refractivity contribution in [3.05, 3.63) is 47.8 Å². The van der Waals surface area contributed by atoms with Crippen molar-refractivity contribution in [3.8, 4) is 5.69 Å². The van der Waals surface area contributed by atoms with E-state index >= 15 is 0 Å². The molecule has 1 heterocycles. The molecule has 1 aromatic carbocycles. The summed E-state index contributed by atoms with van der Waals surface area (Å²) in [6, 6.07) is 9.98. The first-order valence-corrected chi connectivity index (χ1v) is 5.35. The maximum atomic E-state index is 4.11. The van der Waals surface area contributed by atoms with Crippen molar-refractivity contribution >= 4 is 0 Å². The molecule has 4 nitrogen and oxygen atoms in total. The first-order chi connectivity index (χ1) is 7.84. The lowest BCUT2D eigenvalue weighted by atomic mass is 9.87. The summed E-state index contributed by atoms with van der Waals surface area (Å²) < 4.78 is 1.81. The molecule has 2 aromatic rings. The molecule has 0 fully saturated rings. The van der Waals surface area contributed by atoms with E-state index in [1.165, 1.54) is 5.57 Å². The summed E-state index contributed by atoms with van der Waals surface area (Å²) in [5.41, 5.74) is 2.42. The van der Waals surface area contributed by atoms with E-state index in [2.05, 4.69) is 28.5 Å². The first-order valence-electron chi connectivity index (χ1n) is 5.35. The monoisotopic (exact) mass is 212 g/mol. The molecule has 0 radical (unpaired) electrons. The number of nitrogens with zero attached hydrogens (tertiary/aromatic N) is 4. The summed E-state index contributed by atoms with van der Waals surface area (Å²) in [6.07, 6.45) is 3.28. The number of tetrazole rings is 1. The van der Waals surface area contributed by atoms with Crippen LogP contribution in [0.15, 0.2) is 42.0 Å². The fraction of sp³-hybridized carbons (Fsp3) is 0.250. The van der Waals surface area contributed by atoms with Gasteiger partial charge in [0.1, 0.15) is 0 Å². The van der Waals surface area contributed by atoms with Gasteiger partial charge in [0.05, 0.1) is 5.69 Å². The Morgan fingerprint density at radius 1 is 1.25 bits per heavy atom. The van der Waals surface area contributed by atoms with Crippen molar-refractivity contribution in [2.24, 2.45) is 0 Å².